The molecule has 6 heteroatoms. The van der Waals surface area contributed by atoms with Crippen LogP contribution in [0.15, 0.2) is 4.99 Å². The van der Waals surface area contributed by atoms with Gasteiger partial charge in [0.2, 0.25) is 0 Å². The van der Waals surface area contributed by atoms with Crippen LogP contribution >= 0.6 is 24.0 Å². The minimum atomic E-state index is 0. The van der Waals surface area contributed by atoms with Gasteiger partial charge in [-0.15, -0.1) is 24.0 Å². The largest absolute Gasteiger partial charge is 0.370 e. The second-order valence-corrected chi connectivity index (χ2v) is 7.99. The van der Waals surface area contributed by atoms with Crippen LogP contribution in [0.1, 0.15) is 52.9 Å². The summed E-state index contributed by atoms with van der Waals surface area (Å²) in [6, 6.07) is 0.596. The molecule has 0 aromatic carbocycles. The minimum Gasteiger partial charge on any atom is -0.370 e. The molecule has 5 nitrogen and oxygen atoms in total. The van der Waals surface area contributed by atoms with Crippen molar-refractivity contribution in [3.8, 4) is 0 Å². The molecule has 2 fully saturated rings. The van der Waals surface area contributed by atoms with E-state index in [9.17, 15) is 0 Å². The lowest BCUT2D eigenvalue weighted by Crippen LogP contribution is -2.39. The molecule has 2 aliphatic rings. The van der Waals surface area contributed by atoms with Crippen molar-refractivity contribution < 1.29 is 0 Å². The molecule has 0 radical (unpaired) electrons. The number of nitrogens with zero attached hydrogens (tertiary/aromatic N) is 3. The number of likely N-dealkylation sites (tertiary alicyclic amines) is 2. The number of halogens is 1. The summed E-state index contributed by atoms with van der Waals surface area (Å²) >= 11 is 0. The summed E-state index contributed by atoms with van der Waals surface area (Å²) in [5.74, 6) is 2.33. The van der Waals surface area contributed by atoms with Crippen LogP contribution in [0.25, 0.3) is 0 Å². The summed E-state index contributed by atoms with van der Waals surface area (Å²) in [6.07, 6.45) is 6.36. The molecular formula is C19H40IN5. The van der Waals surface area contributed by atoms with Crippen molar-refractivity contribution in [2.45, 2.75) is 58.9 Å². The first kappa shape index (κ1) is 23.0. The molecule has 0 saturated carbocycles. The maximum Gasteiger partial charge on any atom is 0.188 e. The maximum absolute atomic E-state index is 6.01. The Labute approximate surface area is 172 Å². The first-order valence-electron chi connectivity index (χ1n) is 10.1. The summed E-state index contributed by atoms with van der Waals surface area (Å²) in [7, 11) is 0. The number of guanidine groups is 1. The number of nitrogens with two attached hydrogens (primary N) is 1. The molecule has 2 rings (SSSR count). The number of unbranched alkanes of at least 4 members (excludes halogenated alkanes) is 1. The average Bonchev–Trinajstić information content (AvgIpc) is 2.99. The standard InChI is InChI=1S/C19H39N5.HI/c1-4-24-11-7-8-18(24)13-22-19(20)21-9-5-6-10-23-14-16(2)12-17(3)15-23;/h16-18H,4-15H2,1-3H3,(H3,20,21,22);1H. The van der Waals surface area contributed by atoms with Gasteiger partial charge >= 0.3 is 0 Å². The summed E-state index contributed by atoms with van der Waals surface area (Å²) in [5, 5.41) is 3.29. The molecule has 148 valence electrons. The van der Waals surface area contributed by atoms with Gasteiger partial charge in [0.1, 0.15) is 0 Å². The van der Waals surface area contributed by atoms with Gasteiger partial charge in [-0.05, 0) is 63.6 Å². The molecule has 0 spiro atoms. The molecule has 25 heavy (non-hydrogen) atoms. The van der Waals surface area contributed by atoms with Crippen molar-refractivity contribution in [1.82, 2.24) is 15.1 Å². The van der Waals surface area contributed by atoms with Gasteiger partial charge in [0, 0.05) is 25.7 Å². The molecular weight excluding hydrogens is 425 g/mol. The molecule has 0 bridgehead atoms. The quantitative estimate of drug-likeness (QED) is 0.251. The lowest BCUT2D eigenvalue weighted by atomic mass is 9.92. The summed E-state index contributed by atoms with van der Waals surface area (Å²) in [5.41, 5.74) is 6.01. The first-order chi connectivity index (χ1) is 11.6. The molecule has 3 N–H and O–H groups in total. The molecule has 3 atom stereocenters. The normalized spacial score (nSPS) is 28.8. The molecule has 2 saturated heterocycles. The molecule has 0 aromatic rings. The second kappa shape index (κ2) is 12.3. The van der Waals surface area contributed by atoms with E-state index in [-0.39, 0.29) is 24.0 Å². The van der Waals surface area contributed by atoms with Crippen LogP contribution in [0.4, 0.5) is 0 Å². The van der Waals surface area contributed by atoms with Gasteiger partial charge in [0.05, 0.1) is 6.54 Å². The predicted octanol–water partition coefficient (Wildman–Crippen LogP) is 2.75. The van der Waals surface area contributed by atoms with E-state index in [0.29, 0.717) is 12.0 Å². The number of hydrogen-bond donors (Lipinski definition) is 2. The average molecular weight is 465 g/mol. The number of hydrogen-bond acceptors (Lipinski definition) is 3. The van der Waals surface area contributed by atoms with Gasteiger partial charge in [0.25, 0.3) is 0 Å². The monoisotopic (exact) mass is 465 g/mol. The maximum atomic E-state index is 6.01. The highest BCUT2D eigenvalue weighted by atomic mass is 127. The molecule has 2 heterocycles. The zero-order valence-corrected chi connectivity index (χ0v) is 18.9. The Morgan fingerprint density at radius 2 is 1.92 bits per heavy atom. The minimum absolute atomic E-state index is 0. The summed E-state index contributed by atoms with van der Waals surface area (Å²) < 4.78 is 0. The molecule has 3 unspecified atom stereocenters. The van der Waals surface area contributed by atoms with Gasteiger partial charge in [-0.1, -0.05) is 20.8 Å². The van der Waals surface area contributed by atoms with E-state index in [1.807, 2.05) is 0 Å². The molecule has 0 aromatic heterocycles. The fourth-order valence-corrected chi connectivity index (χ4v) is 4.43. The van der Waals surface area contributed by atoms with Crippen LogP contribution in [0.3, 0.4) is 0 Å². The smallest absolute Gasteiger partial charge is 0.188 e. The van der Waals surface area contributed by atoms with Crippen LogP contribution in [0, 0.1) is 11.8 Å². The predicted molar refractivity (Wildman–Crippen MR) is 119 cm³/mol. The van der Waals surface area contributed by atoms with Crippen LogP contribution < -0.4 is 11.1 Å². The van der Waals surface area contributed by atoms with Crippen LogP contribution in [-0.4, -0.2) is 67.6 Å². The molecule has 0 amide bonds. The topological polar surface area (TPSA) is 56.9 Å². The Morgan fingerprint density at radius 1 is 1.20 bits per heavy atom. The third-order valence-electron chi connectivity index (χ3n) is 5.53. The Morgan fingerprint density at radius 3 is 2.60 bits per heavy atom. The number of rotatable bonds is 8. The third kappa shape index (κ3) is 8.43. The Balaban J connectivity index is 0.00000312. The van der Waals surface area contributed by atoms with E-state index in [2.05, 4.69) is 40.9 Å². The first-order valence-corrected chi connectivity index (χ1v) is 10.1. The number of likely N-dealkylation sites (N-methyl/N-ethyl adjacent to an activating group) is 1. The number of aliphatic imine (C=N–C) groups is 1. The van der Waals surface area contributed by atoms with Gasteiger partial charge < -0.3 is 16.0 Å². The second-order valence-electron chi connectivity index (χ2n) is 7.99. The van der Waals surface area contributed by atoms with Crippen LogP contribution in [-0.2, 0) is 0 Å². The van der Waals surface area contributed by atoms with E-state index >= 15 is 0 Å². The van der Waals surface area contributed by atoms with Gasteiger partial charge in [-0.2, -0.15) is 0 Å². The third-order valence-corrected chi connectivity index (χ3v) is 5.53. The molecule has 2 aliphatic heterocycles. The lowest BCUT2D eigenvalue weighted by Gasteiger charge is -2.34. The number of piperidine rings is 1. The van der Waals surface area contributed by atoms with Crippen molar-refractivity contribution in [3.05, 3.63) is 0 Å². The van der Waals surface area contributed by atoms with E-state index in [1.54, 1.807) is 0 Å². The summed E-state index contributed by atoms with van der Waals surface area (Å²) in [6.45, 7) is 14.9. The van der Waals surface area contributed by atoms with Gasteiger partial charge in [-0.3, -0.25) is 9.89 Å². The van der Waals surface area contributed by atoms with Crippen molar-refractivity contribution in [1.29, 1.82) is 0 Å². The summed E-state index contributed by atoms with van der Waals surface area (Å²) in [4.78, 5) is 9.69. The number of nitrogens with one attached hydrogen (secondary N) is 1. The Hall–Kier alpha value is -0.0800. The molecule has 0 aliphatic carbocycles. The van der Waals surface area contributed by atoms with Gasteiger partial charge in [-0.25, -0.2) is 0 Å². The van der Waals surface area contributed by atoms with Crippen molar-refractivity contribution in [2.75, 3.05) is 45.8 Å². The fourth-order valence-electron chi connectivity index (χ4n) is 4.43. The van der Waals surface area contributed by atoms with E-state index < -0.39 is 0 Å². The fraction of sp³-hybridized carbons (Fsp3) is 0.947. The SMILES string of the molecule is CCN1CCCC1CN=C(N)NCCCCN1CC(C)CC(C)C1.I. The van der Waals surface area contributed by atoms with Gasteiger partial charge in [0.15, 0.2) is 5.96 Å². The Bertz CT molecular complexity index is 380. The zero-order valence-electron chi connectivity index (χ0n) is 16.5. The Kier molecular flexibility index (Phi) is 11.3. The highest BCUT2D eigenvalue weighted by molar-refractivity contribution is 14.0. The van der Waals surface area contributed by atoms with Crippen LogP contribution in [0.2, 0.25) is 0 Å². The van der Waals surface area contributed by atoms with Crippen LogP contribution in [0.5, 0.6) is 0 Å². The lowest BCUT2D eigenvalue weighted by molar-refractivity contribution is 0.139. The van der Waals surface area contributed by atoms with Crippen molar-refractivity contribution in [2.24, 2.45) is 22.6 Å². The van der Waals surface area contributed by atoms with Crippen molar-refractivity contribution in [3.63, 3.8) is 0 Å². The highest BCUT2D eigenvalue weighted by Crippen LogP contribution is 2.21. The van der Waals surface area contributed by atoms with Crippen molar-refractivity contribution >= 4 is 29.9 Å². The highest BCUT2D eigenvalue weighted by Gasteiger charge is 2.22. The van der Waals surface area contributed by atoms with E-state index in [1.165, 1.54) is 58.3 Å². The van der Waals surface area contributed by atoms with E-state index in [0.717, 1.165) is 31.5 Å². The van der Waals surface area contributed by atoms with E-state index in [4.69, 9.17) is 5.73 Å². The zero-order chi connectivity index (χ0) is 17.4.